The van der Waals surface area contributed by atoms with Crippen molar-refractivity contribution in [1.82, 2.24) is 20.1 Å². The number of carbonyl (C=O) groups is 1. The van der Waals surface area contributed by atoms with Crippen LogP contribution in [0, 0.1) is 5.82 Å². The van der Waals surface area contributed by atoms with Gasteiger partial charge in [0.25, 0.3) is 5.91 Å². The largest absolute Gasteiger partial charge is 0.333 e. The van der Waals surface area contributed by atoms with Gasteiger partial charge in [0, 0.05) is 31.0 Å². The summed E-state index contributed by atoms with van der Waals surface area (Å²) >= 11 is 0. The lowest BCUT2D eigenvalue weighted by Gasteiger charge is -2.20. The monoisotopic (exact) mass is 324 g/mol. The molecule has 0 bridgehead atoms. The smallest absolute Gasteiger partial charge is 0.272 e. The fraction of sp³-hybridized carbons (Fsp3) is 0.167. The zero-order valence-electron chi connectivity index (χ0n) is 13.2. The first-order chi connectivity index (χ1) is 11.7. The lowest BCUT2D eigenvalue weighted by molar-refractivity contribution is 0.0746. The molecular weight excluding hydrogens is 307 g/mol. The lowest BCUT2D eigenvalue weighted by atomic mass is 10.1. The number of hydrogen-bond donors (Lipinski definition) is 1. The van der Waals surface area contributed by atoms with Crippen molar-refractivity contribution in [2.75, 3.05) is 6.54 Å². The van der Waals surface area contributed by atoms with E-state index in [1.807, 2.05) is 19.1 Å². The van der Waals surface area contributed by atoms with E-state index in [2.05, 4.69) is 15.2 Å². The first-order valence-corrected chi connectivity index (χ1v) is 7.67. The standard InChI is InChI=1S/C18H17FN4O/c1-2-23(12-13-3-5-15(19)6-4-13)18(24)17-11-16(21-22-17)14-7-9-20-10-8-14/h3-11H,2,12H2,1H3,(H,21,22). The summed E-state index contributed by atoms with van der Waals surface area (Å²) in [6, 6.07) is 11.5. The molecule has 0 aliphatic rings. The number of nitrogens with one attached hydrogen (secondary N) is 1. The first kappa shape index (κ1) is 15.9. The topological polar surface area (TPSA) is 61.9 Å². The molecule has 0 atom stereocenters. The van der Waals surface area contributed by atoms with Crippen molar-refractivity contribution in [2.24, 2.45) is 0 Å². The summed E-state index contributed by atoms with van der Waals surface area (Å²) in [5, 5.41) is 6.99. The van der Waals surface area contributed by atoms with Gasteiger partial charge in [0.15, 0.2) is 0 Å². The Morgan fingerprint density at radius 1 is 1.17 bits per heavy atom. The number of hydrogen-bond acceptors (Lipinski definition) is 3. The molecule has 0 aliphatic carbocycles. The van der Waals surface area contributed by atoms with Gasteiger partial charge in [0.1, 0.15) is 11.5 Å². The third-order valence-corrected chi connectivity index (χ3v) is 3.74. The summed E-state index contributed by atoms with van der Waals surface area (Å²) in [5.74, 6) is -0.432. The highest BCUT2D eigenvalue weighted by atomic mass is 19.1. The van der Waals surface area contributed by atoms with Crippen LogP contribution in [0.5, 0.6) is 0 Å². The van der Waals surface area contributed by atoms with Gasteiger partial charge in [-0.3, -0.25) is 14.9 Å². The van der Waals surface area contributed by atoms with Crippen LogP contribution in [0.25, 0.3) is 11.3 Å². The quantitative estimate of drug-likeness (QED) is 0.783. The molecular formula is C18H17FN4O. The molecule has 0 saturated heterocycles. The Balaban J connectivity index is 1.77. The van der Waals surface area contributed by atoms with E-state index in [-0.39, 0.29) is 11.7 Å². The van der Waals surface area contributed by atoms with Crippen LogP contribution in [-0.2, 0) is 6.54 Å². The maximum absolute atomic E-state index is 13.0. The average molecular weight is 324 g/mol. The molecule has 3 aromatic rings. The van der Waals surface area contributed by atoms with E-state index < -0.39 is 0 Å². The minimum Gasteiger partial charge on any atom is -0.333 e. The molecule has 24 heavy (non-hydrogen) atoms. The molecule has 0 spiro atoms. The Morgan fingerprint density at radius 2 is 1.88 bits per heavy atom. The molecule has 2 heterocycles. The second-order valence-electron chi connectivity index (χ2n) is 5.35. The number of carbonyl (C=O) groups excluding carboxylic acids is 1. The maximum Gasteiger partial charge on any atom is 0.272 e. The number of benzene rings is 1. The van der Waals surface area contributed by atoms with Gasteiger partial charge >= 0.3 is 0 Å². The van der Waals surface area contributed by atoms with Crippen molar-refractivity contribution in [2.45, 2.75) is 13.5 Å². The van der Waals surface area contributed by atoms with E-state index in [4.69, 9.17) is 0 Å². The summed E-state index contributed by atoms with van der Waals surface area (Å²) in [7, 11) is 0. The Kier molecular flexibility index (Phi) is 4.65. The highest BCUT2D eigenvalue weighted by molar-refractivity contribution is 5.93. The lowest BCUT2D eigenvalue weighted by Crippen LogP contribution is -2.30. The van der Waals surface area contributed by atoms with Crippen LogP contribution in [-0.4, -0.2) is 32.5 Å². The highest BCUT2D eigenvalue weighted by Crippen LogP contribution is 2.18. The van der Waals surface area contributed by atoms with E-state index in [0.29, 0.717) is 24.5 Å². The normalized spacial score (nSPS) is 10.6. The molecule has 2 aromatic heterocycles. The maximum atomic E-state index is 13.0. The van der Waals surface area contributed by atoms with Crippen molar-refractivity contribution in [3.05, 3.63) is 71.9 Å². The average Bonchev–Trinajstić information content (AvgIpc) is 3.11. The van der Waals surface area contributed by atoms with Crippen LogP contribution >= 0.6 is 0 Å². The van der Waals surface area contributed by atoms with E-state index in [1.165, 1.54) is 12.1 Å². The van der Waals surface area contributed by atoms with E-state index in [0.717, 1.165) is 11.1 Å². The van der Waals surface area contributed by atoms with Gasteiger partial charge in [-0.05, 0) is 42.8 Å². The molecule has 0 saturated carbocycles. The van der Waals surface area contributed by atoms with Gasteiger partial charge in [-0.2, -0.15) is 5.10 Å². The number of aromatic amines is 1. The number of nitrogens with zero attached hydrogens (tertiary/aromatic N) is 3. The summed E-state index contributed by atoms with van der Waals surface area (Å²) in [4.78, 5) is 18.3. The number of halogens is 1. The SMILES string of the molecule is CCN(Cc1ccc(F)cc1)C(=O)c1cc(-c2ccncc2)n[nH]1. The molecule has 5 nitrogen and oxygen atoms in total. The molecule has 0 fully saturated rings. The van der Waals surface area contributed by atoms with Crippen LogP contribution in [0.2, 0.25) is 0 Å². The van der Waals surface area contributed by atoms with Crippen LogP contribution < -0.4 is 0 Å². The minimum absolute atomic E-state index is 0.144. The predicted octanol–water partition coefficient (Wildman–Crippen LogP) is 3.27. The van der Waals surface area contributed by atoms with Gasteiger partial charge < -0.3 is 4.90 Å². The molecule has 0 radical (unpaired) electrons. The molecule has 0 unspecified atom stereocenters. The third-order valence-electron chi connectivity index (χ3n) is 3.74. The summed E-state index contributed by atoms with van der Waals surface area (Å²) in [6.45, 7) is 2.86. The zero-order valence-corrected chi connectivity index (χ0v) is 13.2. The number of H-pyrrole nitrogens is 1. The summed E-state index contributed by atoms with van der Waals surface area (Å²) in [6.07, 6.45) is 3.36. The van der Waals surface area contributed by atoms with Gasteiger partial charge in [-0.1, -0.05) is 12.1 Å². The molecule has 3 rings (SSSR count). The number of aromatic nitrogens is 3. The number of amides is 1. The Hall–Kier alpha value is -3.02. The summed E-state index contributed by atoms with van der Waals surface area (Å²) in [5.41, 5.74) is 2.88. The van der Waals surface area contributed by atoms with Crippen LogP contribution in [0.3, 0.4) is 0 Å². The summed E-state index contributed by atoms with van der Waals surface area (Å²) < 4.78 is 13.0. The van der Waals surface area contributed by atoms with Crippen LogP contribution in [0.4, 0.5) is 4.39 Å². The highest BCUT2D eigenvalue weighted by Gasteiger charge is 2.17. The fourth-order valence-corrected chi connectivity index (χ4v) is 2.41. The van der Waals surface area contributed by atoms with E-state index in [9.17, 15) is 9.18 Å². The molecule has 0 aliphatic heterocycles. The molecule has 6 heteroatoms. The van der Waals surface area contributed by atoms with Crippen molar-refractivity contribution >= 4 is 5.91 Å². The van der Waals surface area contributed by atoms with Crippen LogP contribution in [0.15, 0.2) is 54.9 Å². The first-order valence-electron chi connectivity index (χ1n) is 7.67. The van der Waals surface area contributed by atoms with Crippen molar-refractivity contribution in [3.63, 3.8) is 0 Å². The number of rotatable bonds is 5. The van der Waals surface area contributed by atoms with Crippen LogP contribution in [0.1, 0.15) is 23.0 Å². The molecule has 1 amide bonds. The third kappa shape index (κ3) is 3.48. The fourth-order valence-electron chi connectivity index (χ4n) is 2.41. The predicted molar refractivity (Wildman–Crippen MR) is 88.6 cm³/mol. The minimum atomic E-state index is -0.288. The van der Waals surface area contributed by atoms with Gasteiger partial charge in [0.05, 0.1) is 5.69 Å². The molecule has 1 N–H and O–H groups in total. The number of pyridine rings is 1. The Morgan fingerprint density at radius 3 is 2.54 bits per heavy atom. The van der Waals surface area contributed by atoms with E-state index in [1.54, 1.807) is 35.5 Å². The Bertz CT molecular complexity index is 815. The zero-order chi connectivity index (χ0) is 16.9. The van der Waals surface area contributed by atoms with Crippen molar-refractivity contribution in [1.29, 1.82) is 0 Å². The van der Waals surface area contributed by atoms with E-state index >= 15 is 0 Å². The molecule has 122 valence electrons. The Labute approximate surface area is 139 Å². The van der Waals surface area contributed by atoms with Crippen molar-refractivity contribution in [3.8, 4) is 11.3 Å². The van der Waals surface area contributed by atoms with Gasteiger partial charge in [-0.25, -0.2) is 4.39 Å². The van der Waals surface area contributed by atoms with Gasteiger partial charge in [-0.15, -0.1) is 0 Å². The van der Waals surface area contributed by atoms with Crippen molar-refractivity contribution < 1.29 is 9.18 Å². The van der Waals surface area contributed by atoms with Gasteiger partial charge in [0.2, 0.25) is 0 Å². The second kappa shape index (κ2) is 7.04. The molecule has 1 aromatic carbocycles. The second-order valence-corrected chi connectivity index (χ2v) is 5.35.